The van der Waals surface area contributed by atoms with E-state index in [1.165, 1.54) is 19.3 Å². The highest BCUT2D eigenvalue weighted by Crippen LogP contribution is 2.52. The van der Waals surface area contributed by atoms with E-state index in [4.69, 9.17) is 0 Å². The monoisotopic (exact) mass is 250 g/mol. The highest BCUT2D eigenvalue weighted by molar-refractivity contribution is 8.01. The predicted octanol–water partition coefficient (Wildman–Crippen LogP) is 3.77. The van der Waals surface area contributed by atoms with Crippen molar-refractivity contribution >= 4 is 23.1 Å². The minimum atomic E-state index is -0.335. The molecule has 1 heterocycles. The highest BCUT2D eigenvalue weighted by Gasteiger charge is 2.39. The van der Waals surface area contributed by atoms with Gasteiger partial charge in [-0.15, -0.1) is 0 Å². The number of non-ortho nitro benzene ring substituents is 1. The molecule has 1 saturated carbocycles. The first-order valence-electron chi connectivity index (χ1n) is 5.94. The molecule has 2 aliphatic rings. The van der Waals surface area contributed by atoms with E-state index in [1.807, 2.05) is 17.8 Å². The molecule has 0 amide bonds. The van der Waals surface area contributed by atoms with Crippen molar-refractivity contribution in [2.24, 2.45) is 0 Å². The van der Waals surface area contributed by atoms with Crippen LogP contribution in [0.3, 0.4) is 0 Å². The lowest BCUT2D eigenvalue weighted by Crippen LogP contribution is -2.33. The zero-order valence-corrected chi connectivity index (χ0v) is 10.3. The molecule has 0 unspecified atom stereocenters. The van der Waals surface area contributed by atoms with Gasteiger partial charge in [0, 0.05) is 17.0 Å². The third-order valence-corrected chi connectivity index (χ3v) is 4.98. The molecule has 0 atom stereocenters. The second-order valence-electron chi connectivity index (χ2n) is 4.72. The minimum absolute atomic E-state index is 0.107. The van der Waals surface area contributed by atoms with Crippen LogP contribution in [0.2, 0.25) is 0 Å². The van der Waals surface area contributed by atoms with Crippen LogP contribution in [0.5, 0.6) is 0 Å². The van der Waals surface area contributed by atoms with E-state index in [0.717, 1.165) is 23.4 Å². The van der Waals surface area contributed by atoms with Crippen LogP contribution in [0.15, 0.2) is 23.1 Å². The van der Waals surface area contributed by atoms with Gasteiger partial charge in [0.2, 0.25) is 0 Å². The van der Waals surface area contributed by atoms with Crippen LogP contribution in [0.1, 0.15) is 32.1 Å². The summed E-state index contributed by atoms with van der Waals surface area (Å²) >= 11 is 1.85. The van der Waals surface area contributed by atoms with Crippen LogP contribution in [-0.2, 0) is 0 Å². The standard InChI is InChI=1S/C12H14N2O2S/c15-14(16)9-4-5-11-10(8-9)13-12(17-11)6-2-1-3-7-12/h4-5,8,13H,1-3,6-7H2. The van der Waals surface area contributed by atoms with Crippen molar-refractivity contribution in [2.75, 3.05) is 5.32 Å². The van der Waals surface area contributed by atoms with Crippen molar-refractivity contribution in [1.29, 1.82) is 0 Å². The molecule has 90 valence electrons. The van der Waals surface area contributed by atoms with E-state index in [9.17, 15) is 10.1 Å². The van der Waals surface area contributed by atoms with Crippen LogP contribution in [0.4, 0.5) is 11.4 Å². The lowest BCUT2D eigenvalue weighted by molar-refractivity contribution is -0.384. The summed E-state index contributed by atoms with van der Waals surface area (Å²) in [4.78, 5) is 11.7. The van der Waals surface area contributed by atoms with Gasteiger partial charge in [-0.05, 0) is 18.9 Å². The number of fused-ring (bicyclic) bond motifs is 1. The van der Waals surface area contributed by atoms with Crippen molar-refractivity contribution in [3.63, 3.8) is 0 Å². The maximum atomic E-state index is 10.7. The van der Waals surface area contributed by atoms with Crippen LogP contribution in [0, 0.1) is 10.1 Å². The maximum absolute atomic E-state index is 10.7. The molecule has 1 aromatic rings. The van der Waals surface area contributed by atoms with Crippen molar-refractivity contribution in [1.82, 2.24) is 0 Å². The fourth-order valence-electron chi connectivity index (χ4n) is 2.65. The Kier molecular flexibility index (Phi) is 2.50. The molecule has 1 fully saturated rings. The first-order chi connectivity index (χ1) is 8.19. The molecule has 1 aromatic carbocycles. The van der Waals surface area contributed by atoms with Gasteiger partial charge < -0.3 is 5.32 Å². The van der Waals surface area contributed by atoms with Crippen LogP contribution >= 0.6 is 11.8 Å². The van der Waals surface area contributed by atoms with Gasteiger partial charge in [-0.3, -0.25) is 10.1 Å². The van der Waals surface area contributed by atoms with Gasteiger partial charge in [0.05, 0.1) is 15.5 Å². The van der Waals surface area contributed by atoms with E-state index in [1.54, 1.807) is 12.1 Å². The molecule has 1 N–H and O–H groups in total. The Morgan fingerprint density at radius 3 is 2.76 bits per heavy atom. The van der Waals surface area contributed by atoms with Gasteiger partial charge >= 0.3 is 0 Å². The fourth-order valence-corrected chi connectivity index (χ4v) is 4.08. The highest BCUT2D eigenvalue weighted by atomic mass is 32.2. The fraction of sp³-hybridized carbons (Fsp3) is 0.500. The maximum Gasteiger partial charge on any atom is 0.271 e. The molecule has 1 aliphatic carbocycles. The molecule has 0 aromatic heterocycles. The second kappa shape index (κ2) is 3.91. The van der Waals surface area contributed by atoms with Crippen molar-refractivity contribution < 1.29 is 4.92 Å². The number of nitrogens with one attached hydrogen (secondary N) is 1. The summed E-state index contributed by atoms with van der Waals surface area (Å²) in [6, 6.07) is 5.12. The van der Waals surface area contributed by atoms with Gasteiger partial charge in [-0.25, -0.2) is 0 Å². The number of hydrogen-bond acceptors (Lipinski definition) is 4. The molecule has 1 aliphatic heterocycles. The molecule has 4 nitrogen and oxygen atoms in total. The lowest BCUT2D eigenvalue weighted by Gasteiger charge is -2.32. The molecular weight excluding hydrogens is 236 g/mol. The van der Waals surface area contributed by atoms with E-state index in [-0.39, 0.29) is 15.5 Å². The molecule has 17 heavy (non-hydrogen) atoms. The lowest BCUT2D eigenvalue weighted by atomic mass is 9.94. The van der Waals surface area contributed by atoms with Crippen molar-refractivity contribution in [2.45, 2.75) is 41.9 Å². The zero-order chi connectivity index (χ0) is 11.9. The predicted molar refractivity (Wildman–Crippen MR) is 68.4 cm³/mol. The summed E-state index contributed by atoms with van der Waals surface area (Å²) < 4.78 is 0. The zero-order valence-electron chi connectivity index (χ0n) is 9.44. The Morgan fingerprint density at radius 2 is 2.06 bits per heavy atom. The average molecular weight is 250 g/mol. The summed E-state index contributed by atoms with van der Waals surface area (Å²) in [5.74, 6) is 0. The third-order valence-electron chi connectivity index (χ3n) is 3.50. The Bertz CT molecular complexity index is 470. The normalized spacial score (nSPS) is 20.9. The number of anilines is 1. The average Bonchev–Trinajstić information content (AvgIpc) is 2.66. The van der Waals surface area contributed by atoms with Gasteiger partial charge in [0.1, 0.15) is 0 Å². The Hall–Kier alpha value is -1.23. The number of nitrogens with zero attached hydrogens (tertiary/aromatic N) is 1. The van der Waals surface area contributed by atoms with E-state index in [0.29, 0.717) is 0 Å². The topological polar surface area (TPSA) is 55.2 Å². The molecule has 3 rings (SSSR count). The molecule has 5 heteroatoms. The van der Waals surface area contributed by atoms with Gasteiger partial charge in [-0.1, -0.05) is 31.0 Å². The summed E-state index contributed by atoms with van der Waals surface area (Å²) in [5, 5.41) is 14.2. The number of benzene rings is 1. The molecular formula is C12H14N2O2S. The second-order valence-corrected chi connectivity index (χ2v) is 6.15. The first-order valence-corrected chi connectivity index (χ1v) is 6.76. The van der Waals surface area contributed by atoms with Gasteiger partial charge in [-0.2, -0.15) is 0 Å². The molecule has 0 bridgehead atoms. The summed E-state index contributed by atoms with van der Waals surface area (Å²) in [6.07, 6.45) is 6.10. The molecule has 1 spiro atoms. The van der Waals surface area contributed by atoms with E-state index in [2.05, 4.69) is 5.32 Å². The summed E-state index contributed by atoms with van der Waals surface area (Å²) in [6.45, 7) is 0. The van der Waals surface area contributed by atoms with Crippen molar-refractivity contribution in [3.8, 4) is 0 Å². The summed E-state index contributed by atoms with van der Waals surface area (Å²) in [7, 11) is 0. The number of nitro benzene ring substituents is 1. The number of nitro groups is 1. The third kappa shape index (κ3) is 1.88. The summed E-state index contributed by atoms with van der Waals surface area (Å²) in [5.41, 5.74) is 1.11. The Balaban J connectivity index is 1.89. The minimum Gasteiger partial charge on any atom is -0.369 e. The van der Waals surface area contributed by atoms with Gasteiger partial charge in [0.25, 0.3) is 5.69 Å². The number of rotatable bonds is 1. The smallest absolute Gasteiger partial charge is 0.271 e. The largest absolute Gasteiger partial charge is 0.369 e. The SMILES string of the molecule is O=[N+]([O-])c1ccc2c(c1)NC1(CCCCC1)S2. The Morgan fingerprint density at radius 1 is 1.29 bits per heavy atom. The van der Waals surface area contributed by atoms with Crippen LogP contribution in [-0.4, -0.2) is 9.79 Å². The van der Waals surface area contributed by atoms with Crippen molar-refractivity contribution in [3.05, 3.63) is 28.3 Å². The molecule has 0 radical (unpaired) electrons. The van der Waals surface area contributed by atoms with E-state index >= 15 is 0 Å². The molecule has 0 saturated heterocycles. The van der Waals surface area contributed by atoms with Gasteiger partial charge in [0.15, 0.2) is 0 Å². The van der Waals surface area contributed by atoms with Crippen LogP contribution in [0.25, 0.3) is 0 Å². The quantitative estimate of drug-likeness (QED) is 0.609. The van der Waals surface area contributed by atoms with Crippen LogP contribution < -0.4 is 5.32 Å². The first kappa shape index (κ1) is 10.9. The van der Waals surface area contributed by atoms with E-state index < -0.39 is 0 Å². The Labute approximate surface area is 104 Å². The number of hydrogen-bond donors (Lipinski definition) is 1. The number of thioether (sulfide) groups is 1.